The lowest BCUT2D eigenvalue weighted by Gasteiger charge is -2.51. The number of hydrogen-bond acceptors (Lipinski definition) is 4. The first-order valence-electron chi connectivity index (χ1n) is 10.0. The monoisotopic (exact) mass is 454 g/mol. The summed E-state index contributed by atoms with van der Waals surface area (Å²) in [6.07, 6.45) is 2.14. The lowest BCUT2D eigenvalue weighted by molar-refractivity contribution is -0.0620. The van der Waals surface area contributed by atoms with Crippen molar-refractivity contribution >= 4 is 21.4 Å². The summed E-state index contributed by atoms with van der Waals surface area (Å²) < 4.78 is 61.6. The molecule has 0 radical (unpaired) electrons. The van der Waals surface area contributed by atoms with Crippen molar-refractivity contribution in [3.8, 4) is 5.75 Å². The summed E-state index contributed by atoms with van der Waals surface area (Å²) in [4.78, 5) is -0.00901. The van der Waals surface area contributed by atoms with Crippen molar-refractivity contribution in [2.24, 2.45) is 11.8 Å². The van der Waals surface area contributed by atoms with Gasteiger partial charge in [0.2, 0.25) is 0 Å². The molecule has 4 nitrogen and oxygen atoms in total. The van der Waals surface area contributed by atoms with Crippen LogP contribution in [0.4, 0.5) is 8.78 Å². The normalized spacial score (nSPS) is 30.9. The van der Waals surface area contributed by atoms with Gasteiger partial charge in [0.1, 0.15) is 10.6 Å². The molecule has 8 heteroatoms. The zero-order valence-corrected chi connectivity index (χ0v) is 17.6. The zero-order chi connectivity index (χ0) is 21.3. The molecule has 1 N–H and O–H groups in total. The summed E-state index contributed by atoms with van der Waals surface area (Å²) in [5.41, 5.74) is -1.26. The predicted molar refractivity (Wildman–Crippen MR) is 107 cm³/mol. The minimum Gasteiger partial charge on any atom is -0.490 e. The van der Waals surface area contributed by atoms with E-state index in [1.54, 1.807) is 0 Å². The Labute approximate surface area is 178 Å². The molecule has 0 unspecified atom stereocenters. The molecule has 0 aromatic heterocycles. The van der Waals surface area contributed by atoms with Gasteiger partial charge in [0, 0.05) is 10.9 Å². The number of fused-ring (bicyclic) bond motifs is 3. The summed E-state index contributed by atoms with van der Waals surface area (Å²) in [7, 11) is -4.17. The van der Waals surface area contributed by atoms with Gasteiger partial charge >= 0.3 is 0 Å². The van der Waals surface area contributed by atoms with Gasteiger partial charge < -0.3 is 9.84 Å². The van der Waals surface area contributed by atoms with Gasteiger partial charge in [0.15, 0.2) is 21.4 Å². The van der Waals surface area contributed by atoms with Gasteiger partial charge in [0.05, 0.1) is 22.7 Å². The highest BCUT2D eigenvalue weighted by atomic mass is 35.5. The van der Waals surface area contributed by atoms with Crippen LogP contribution in [0, 0.1) is 23.5 Å². The van der Waals surface area contributed by atoms with Crippen LogP contribution in [0.3, 0.4) is 0 Å². The van der Waals surface area contributed by atoms with Crippen molar-refractivity contribution in [2.75, 3.05) is 6.61 Å². The number of sulfone groups is 1. The van der Waals surface area contributed by atoms with E-state index in [0.29, 0.717) is 5.02 Å². The summed E-state index contributed by atoms with van der Waals surface area (Å²) >= 11 is 5.93. The van der Waals surface area contributed by atoms with E-state index in [2.05, 4.69) is 0 Å². The quantitative estimate of drug-likeness (QED) is 0.735. The molecule has 30 heavy (non-hydrogen) atoms. The minimum absolute atomic E-state index is 0.00758. The Morgan fingerprint density at radius 2 is 1.67 bits per heavy atom. The van der Waals surface area contributed by atoms with E-state index in [-0.39, 0.29) is 48.0 Å². The molecule has 0 spiro atoms. The van der Waals surface area contributed by atoms with Crippen molar-refractivity contribution in [3.05, 3.63) is 58.6 Å². The molecule has 1 aliphatic heterocycles. The number of ether oxygens (including phenoxy) is 1. The first kappa shape index (κ1) is 20.2. The molecule has 3 aliphatic rings. The van der Waals surface area contributed by atoms with Gasteiger partial charge in [-0.05, 0) is 74.4 Å². The lowest BCUT2D eigenvalue weighted by Crippen LogP contribution is -2.56. The van der Waals surface area contributed by atoms with Crippen LogP contribution >= 0.6 is 11.6 Å². The molecular weight excluding hydrogens is 434 g/mol. The zero-order valence-electron chi connectivity index (χ0n) is 16.1. The Kier molecular flexibility index (Phi) is 4.48. The molecule has 2 aromatic carbocycles. The van der Waals surface area contributed by atoms with Crippen molar-refractivity contribution in [1.29, 1.82) is 0 Å². The second-order valence-corrected chi connectivity index (χ2v) is 11.3. The van der Waals surface area contributed by atoms with E-state index < -0.39 is 37.7 Å². The molecule has 0 saturated heterocycles. The molecule has 1 heterocycles. The second-order valence-electron chi connectivity index (χ2n) is 8.67. The molecular formula is C22H21ClF2O4S. The summed E-state index contributed by atoms with van der Waals surface area (Å²) in [6.45, 7) is -0.102. The summed E-state index contributed by atoms with van der Waals surface area (Å²) in [5.74, 6) is -2.54. The van der Waals surface area contributed by atoms with Crippen LogP contribution in [0.2, 0.25) is 5.02 Å². The molecule has 2 saturated carbocycles. The third-order valence-corrected chi connectivity index (χ3v) is 9.89. The number of hydrogen-bond donors (Lipinski definition) is 1. The third kappa shape index (κ3) is 2.75. The van der Waals surface area contributed by atoms with Gasteiger partial charge in [-0.3, -0.25) is 0 Å². The fraction of sp³-hybridized carbons (Fsp3) is 0.455. The topological polar surface area (TPSA) is 63.6 Å². The largest absolute Gasteiger partial charge is 0.490 e. The maximum atomic E-state index is 15.1. The van der Waals surface area contributed by atoms with E-state index in [1.807, 2.05) is 0 Å². The smallest absolute Gasteiger partial charge is 0.188 e. The van der Waals surface area contributed by atoms with Crippen LogP contribution in [0.15, 0.2) is 41.3 Å². The molecule has 2 fully saturated rings. The Balaban J connectivity index is 1.74. The van der Waals surface area contributed by atoms with Crippen molar-refractivity contribution in [1.82, 2.24) is 0 Å². The van der Waals surface area contributed by atoms with Gasteiger partial charge in [-0.2, -0.15) is 0 Å². The first-order chi connectivity index (χ1) is 14.2. The fourth-order valence-corrected chi connectivity index (χ4v) is 7.84. The Hall–Kier alpha value is -1.70. The van der Waals surface area contributed by atoms with Crippen LogP contribution in [-0.4, -0.2) is 25.7 Å². The molecule has 2 aromatic rings. The highest BCUT2D eigenvalue weighted by Crippen LogP contribution is 2.61. The molecule has 0 bridgehead atoms. The highest BCUT2D eigenvalue weighted by Gasteiger charge is 2.63. The van der Waals surface area contributed by atoms with Gasteiger partial charge in [-0.15, -0.1) is 0 Å². The average Bonchev–Trinajstić information content (AvgIpc) is 3.56. The van der Waals surface area contributed by atoms with Gasteiger partial charge in [0.25, 0.3) is 0 Å². The van der Waals surface area contributed by atoms with Crippen molar-refractivity contribution in [3.63, 3.8) is 0 Å². The van der Waals surface area contributed by atoms with E-state index in [0.717, 1.165) is 25.0 Å². The van der Waals surface area contributed by atoms with Crippen LogP contribution in [0.1, 0.15) is 37.7 Å². The number of rotatable bonds is 3. The number of aliphatic hydroxyl groups is 1. The molecule has 3 atom stereocenters. The maximum absolute atomic E-state index is 15.1. The molecule has 2 aliphatic carbocycles. The van der Waals surface area contributed by atoms with E-state index >= 15 is 4.39 Å². The number of halogens is 3. The van der Waals surface area contributed by atoms with Crippen molar-refractivity contribution < 1.29 is 27.0 Å². The summed E-state index contributed by atoms with van der Waals surface area (Å²) in [6, 6.07) is 7.59. The van der Waals surface area contributed by atoms with E-state index in [9.17, 15) is 17.9 Å². The number of benzene rings is 2. The van der Waals surface area contributed by atoms with Crippen LogP contribution in [0.5, 0.6) is 5.75 Å². The third-order valence-electron chi connectivity index (χ3n) is 7.04. The standard InChI is InChI=1S/C22H21ClF2O4S/c23-15-3-5-16(6-4-15)30(27,28)22-10-9-21(26,13-1-2-13)11-14(22)12-29-20-18(25)8-7-17(24)19(20)22/h3-8,13-14,26H,1-2,9-12H2/t14-,21-,22+/m1/s1. The maximum Gasteiger partial charge on any atom is 0.188 e. The van der Waals surface area contributed by atoms with Gasteiger partial charge in [-0.1, -0.05) is 11.6 Å². The van der Waals surface area contributed by atoms with E-state index in [4.69, 9.17) is 16.3 Å². The van der Waals surface area contributed by atoms with Crippen LogP contribution < -0.4 is 4.74 Å². The molecule has 160 valence electrons. The Morgan fingerprint density at radius 1 is 1.00 bits per heavy atom. The Morgan fingerprint density at radius 3 is 2.33 bits per heavy atom. The SMILES string of the molecule is O=S(=O)(c1ccc(Cl)cc1)[C@@]12CC[C@](O)(C3CC3)C[C@@H]1COc1c(F)ccc(F)c12. The molecule has 0 amide bonds. The fourth-order valence-electron chi connectivity index (χ4n) is 5.38. The second kappa shape index (κ2) is 6.65. The highest BCUT2D eigenvalue weighted by molar-refractivity contribution is 7.92. The predicted octanol–water partition coefficient (Wildman–Crippen LogP) is 4.62. The van der Waals surface area contributed by atoms with Crippen LogP contribution in [0.25, 0.3) is 0 Å². The minimum atomic E-state index is -4.17. The first-order valence-corrected chi connectivity index (χ1v) is 11.9. The average molecular weight is 455 g/mol. The van der Waals surface area contributed by atoms with Crippen LogP contribution in [-0.2, 0) is 14.6 Å². The Bertz CT molecular complexity index is 1120. The van der Waals surface area contributed by atoms with Crippen molar-refractivity contribution in [2.45, 2.75) is 47.3 Å². The summed E-state index contributed by atoms with van der Waals surface area (Å²) in [5, 5.41) is 11.5. The van der Waals surface area contributed by atoms with E-state index in [1.165, 1.54) is 24.3 Å². The van der Waals surface area contributed by atoms with Gasteiger partial charge in [-0.25, -0.2) is 17.2 Å². The molecule has 5 rings (SSSR count). The lowest BCUT2D eigenvalue weighted by atomic mass is 9.66.